The van der Waals surface area contributed by atoms with Gasteiger partial charge in [-0.25, -0.2) is 9.59 Å². The average Bonchev–Trinajstić information content (AvgIpc) is 2.48. The van der Waals surface area contributed by atoms with E-state index in [9.17, 15) is 9.59 Å². The van der Waals surface area contributed by atoms with Gasteiger partial charge in [0.05, 0.1) is 13.2 Å². The molecule has 0 aromatic carbocycles. The van der Waals surface area contributed by atoms with Crippen LogP contribution < -0.4 is 0 Å². The molecular formula is C16H32O8. The summed E-state index contributed by atoms with van der Waals surface area (Å²) in [5.74, 6) is -1.87. The van der Waals surface area contributed by atoms with E-state index < -0.39 is 18.2 Å². The van der Waals surface area contributed by atoms with Gasteiger partial charge in [0.2, 0.25) is 0 Å². The standard InChI is InChI=1S/C6H14O2.2C4H6O2.C2H6O2/c1-2-3-4-5-6(7)8;2*1-3(2)4(5)6;3-1-2-4/h6-8H,2-5H2,1H3;2*1H2,2H3,(H,5,6);3-4H,1-2H2. The first-order chi connectivity index (χ1) is 11.0. The lowest BCUT2D eigenvalue weighted by molar-refractivity contribution is -0.133. The molecule has 0 spiro atoms. The summed E-state index contributed by atoms with van der Waals surface area (Å²) in [6.07, 6.45) is 2.58. The number of rotatable bonds is 7. The van der Waals surface area contributed by atoms with Gasteiger partial charge in [-0.3, -0.25) is 0 Å². The van der Waals surface area contributed by atoms with Gasteiger partial charge in [-0.2, -0.15) is 0 Å². The molecule has 0 aliphatic carbocycles. The van der Waals surface area contributed by atoms with Gasteiger partial charge in [0.1, 0.15) is 0 Å². The maximum absolute atomic E-state index is 9.60. The highest BCUT2D eigenvalue weighted by molar-refractivity contribution is 5.85. The lowest BCUT2D eigenvalue weighted by Gasteiger charge is -1.99. The van der Waals surface area contributed by atoms with Crippen molar-refractivity contribution in [2.75, 3.05) is 13.2 Å². The van der Waals surface area contributed by atoms with E-state index in [1.807, 2.05) is 0 Å². The fourth-order valence-corrected chi connectivity index (χ4v) is 0.577. The van der Waals surface area contributed by atoms with Crippen LogP contribution in [-0.2, 0) is 9.59 Å². The Bertz CT molecular complexity index is 287. The Morgan fingerprint density at radius 1 is 0.875 bits per heavy atom. The van der Waals surface area contributed by atoms with Gasteiger partial charge in [-0.1, -0.05) is 32.9 Å². The van der Waals surface area contributed by atoms with Crippen LogP contribution in [-0.4, -0.2) is 62.1 Å². The van der Waals surface area contributed by atoms with Crippen LogP contribution in [0.3, 0.4) is 0 Å². The molecule has 0 aliphatic heterocycles. The Morgan fingerprint density at radius 2 is 1.17 bits per heavy atom. The lowest BCUT2D eigenvalue weighted by Crippen LogP contribution is -2.02. The number of carbonyl (C=O) groups is 2. The molecule has 0 unspecified atom stereocenters. The number of aliphatic hydroxyl groups is 4. The number of carboxylic acids is 2. The highest BCUT2D eigenvalue weighted by Crippen LogP contribution is 1.99. The predicted octanol–water partition coefficient (Wildman–Crippen LogP) is 1.14. The Hall–Kier alpha value is -1.74. The molecule has 0 radical (unpaired) electrons. The second kappa shape index (κ2) is 23.5. The summed E-state index contributed by atoms with van der Waals surface area (Å²) < 4.78 is 0. The zero-order valence-corrected chi connectivity index (χ0v) is 14.7. The minimum atomic E-state index is -1.10. The van der Waals surface area contributed by atoms with Crippen molar-refractivity contribution < 1.29 is 40.2 Å². The van der Waals surface area contributed by atoms with Crippen molar-refractivity contribution in [1.82, 2.24) is 0 Å². The molecule has 0 aromatic rings. The molecule has 0 fully saturated rings. The minimum absolute atomic E-state index is 0.125. The quantitative estimate of drug-likeness (QED) is 0.226. The zero-order valence-electron chi connectivity index (χ0n) is 14.7. The third-order valence-electron chi connectivity index (χ3n) is 1.90. The molecule has 0 aliphatic rings. The maximum Gasteiger partial charge on any atom is 0.330 e. The Morgan fingerprint density at radius 3 is 1.29 bits per heavy atom. The van der Waals surface area contributed by atoms with E-state index in [-0.39, 0.29) is 24.4 Å². The summed E-state index contributed by atoms with van der Waals surface area (Å²) >= 11 is 0. The molecule has 8 heteroatoms. The summed E-state index contributed by atoms with van der Waals surface area (Å²) in [5, 5.41) is 47.7. The molecule has 0 atom stereocenters. The largest absolute Gasteiger partial charge is 0.478 e. The van der Waals surface area contributed by atoms with E-state index >= 15 is 0 Å². The maximum atomic E-state index is 9.60. The van der Waals surface area contributed by atoms with Crippen LogP contribution in [0.5, 0.6) is 0 Å². The van der Waals surface area contributed by atoms with Gasteiger partial charge in [0, 0.05) is 11.1 Å². The average molecular weight is 352 g/mol. The van der Waals surface area contributed by atoms with Crippen LogP contribution in [0.25, 0.3) is 0 Å². The molecule has 0 saturated carbocycles. The molecule has 0 heterocycles. The van der Waals surface area contributed by atoms with Crippen molar-refractivity contribution in [1.29, 1.82) is 0 Å². The van der Waals surface area contributed by atoms with Gasteiger partial charge in [-0.05, 0) is 26.7 Å². The van der Waals surface area contributed by atoms with Crippen LogP contribution >= 0.6 is 0 Å². The molecular weight excluding hydrogens is 320 g/mol. The lowest BCUT2D eigenvalue weighted by atomic mass is 10.2. The molecule has 0 rings (SSSR count). The van der Waals surface area contributed by atoms with Gasteiger partial charge in [0.25, 0.3) is 0 Å². The summed E-state index contributed by atoms with van der Waals surface area (Å²) in [7, 11) is 0. The number of aliphatic carboxylic acids is 2. The van der Waals surface area contributed by atoms with Crippen LogP contribution in [0.15, 0.2) is 24.3 Å². The molecule has 8 nitrogen and oxygen atoms in total. The second-order valence-electron chi connectivity index (χ2n) is 4.59. The number of unbranched alkanes of at least 4 members (excludes halogenated alkanes) is 2. The summed E-state index contributed by atoms with van der Waals surface area (Å²) in [5.41, 5.74) is 0.352. The number of hydrogen-bond donors (Lipinski definition) is 6. The van der Waals surface area contributed by atoms with Crippen LogP contribution in [0.2, 0.25) is 0 Å². The molecule has 0 bridgehead atoms. The molecule has 24 heavy (non-hydrogen) atoms. The predicted molar refractivity (Wildman–Crippen MR) is 91.4 cm³/mol. The monoisotopic (exact) mass is 352 g/mol. The van der Waals surface area contributed by atoms with Crippen molar-refractivity contribution in [3.63, 3.8) is 0 Å². The number of carboxylic acid groups (broad SMARTS) is 2. The number of aliphatic hydroxyl groups excluding tert-OH is 3. The van der Waals surface area contributed by atoms with E-state index in [0.717, 1.165) is 19.3 Å². The molecule has 0 amide bonds. The van der Waals surface area contributed by atoms with E-state index in [2.05, 4.69) is 20.1 Å². The highest BCUT2D eigenvalue weighted by Gasteiger charge is 1.93. The summed E-state index contributed by atoms with van der Waals surface area (Å²) in [6, 6.07) is 0. The second-order valence-corrected chi connectivity index (χ2v) is 4.59. The van der Waals surface area contributed by atoms with Gasteiger partial charge >= 0.3 is 11.9 Å². The third-order valence-corrected chi connectivity index (χ3v) is 1.90. The Labute approximate surface area is 143 Å². The van der Waals surface area contributed by atoms with Gasteiger partial charge in [-0.15, -0.1) is 0 Å². The highest BCUT2D eigenvalue weighted by atomic mass is 16.5. The Kier molecular flexibility index (Phi) is 29.6. The van der Waals surface area contributed by atoms with Crippen molar-refractivity contribution in [3.8, 4) is 0 Å². The first-order valence-corrected chi connectivity index (χ1v) is 7.33. The molecule has 0 aromatic heterocycles. The zero-order chi connectivity index (χ0) is 20.1. The van der Waals surface area contributed by atoms with Crippen LogP contribution in [0, 0.1) is 0 Å². The topological polar surface area (TPSA) is 156 Å². The molecule has 144 valence electrons. The first kappa shape index (κ1) is 30.2. The van der Waals surface area contributed by atoms with Crippen molar-refractivity contribution in [2.45, 2.75) is 52.7 Å². The number of hydrogen-bond acceptors (Lipinski definition) is 6. The van der Waals surface area contributed by atoms with Crippen LogP contribution in [0.1, 0.15) is 46.5 Å². The van der Waals surface area contributed by atoms with Crippen LogP contribution in [0.4, 0.5) is 0 Å². The van der Waals surface area contributed by atoms with E-state index in [4.69, 9.17) is 30.6 Å². The summed E-state index contributed by atoms with van der Waals surface area (Å²) in [4.78, 5) is 19.2. The van der Waals surface area contributed by atoms with E-state index in [0.29, 0.717) is 6.42 Å². The molecule has 6 N–H and O–H groups in total. The normalized spacial score (nSPS) is 8.50. The van der Waals surface area contributed by atoms with Gasteiger partial charge < -0.3 is 30.6 Å². The smallest absolute Gasteiger partial charge is 0.330 e. The van der Waals surface area contributed by atoms with E-state index in [1.165, 1.54) is 13.8 Å². The van der Waals surface area contributed by atoms with Gasteiger partial charge in [0.15, 0.2) is 6.29 Å². The SMILES string of the molecule is C=C(C)C(=O)O.C=C(C)C(=O)O.CCCCCC(O)O.OCCO. The van der Waals surface area contributed by atoms with Crippen molar-refractivity contribution in [2.24, 2.45) is 0 Å². The summed E-state index contributed by atoms with van der Waals surface area (Å²) in [6.45, 7) is 11.0. The van der Waals surface area contributed by atoms with Crippen molar-refractivity contribution >= 4 is 11.9 Å². The van der Waals surface area contributed by atoms with Crippen molar-refractivity contribution in [3.05, 3.63) is 24.3 Å². The fraction of sp³-hybridized carbons (Fsp3) is 0.625. The Balaban J connectivity index is -0.000000114. The van der Waals surface area contributed by atoms with E-state index in [1.54, 1.807) is 0 Å². The minimum Gasteiger partial charge on any atom is -0.478 e. The molecule has 0 saturated heterocycles. The first-order valence-electron chi connectivity index (χ1n) is 7.33. The fourth-order valence-electron chi connectivity index (χ4n) is 0.577. The third kappa shape index (κ3) is 50.0.